The molecule has 164 valence electrons. The first-order valence-corrected chi connectivity index (χ1v) is 10.7. The number of carbonyl (C=O) groups is 2. The summed E-state index contributed by atoms with van der Waals surface area (Å²) in [7, 11) is 0. The van der Waals surface area contributed by atoms with Crippen molar-refractivity contribution in [1.29, 1.82) is 0 Å². The molecule has 1 aromatic heterocycles. The molecule has 0 spiro atoms. The summed E-state index contributed by atoms with van der Waals surface area (Å²) in [5.41, 5.74) is 2.51. The monoisotopic (exact) mass is 432 g/mol. The van der Waals surface area contributed by atoms with Crippen molar-refractivity contribution in [3.8, 4) is 5.75 Å². The highest BCUT2D eigenvalue weighted by Gasteiger charge is 2.49. The first kappa shape index (κ1) is 20.0. The van der Waals surface area contributed by atoms with Crippen LogP contribution in [0, 0.1) is 0 Å². The number of nitrogens with zero attached hydrogens (tertiary/aromatic N) is 4. The van der Waals surface area contributed by atoms with Crippen LogP contribution >= 0.6 is 0 Å². The van der Waals surface area contributed by atoms with Gasteiger partial charge in [0, 0.05) is 19.2 Å². The first-order chi connectivity index (χ1) is 15.5. The second-order valence-corrected chi connectivity index (χ2v) is 8.07. The number of aliphatic imine (C=N–C) groups is 1. The Bertz CT molecular complexity index is 1200. The predicted octanol–water partition coefficient (Wildman–Crippen LogP) is 2.38. The van der Waals surface area contributed by atoms with Gasteiger partial charge in [0.1, 0.15) is 17.4 Å². The second kappa shape index (κ2) is 7.99. The molecule has 1 fully saturated rings. The van der Waals surface area contributed by atoms with E-state index >= 15 is 0 Å². The zero-order chi connectivity index (χ0) is 22.2. The van der Waals surface area contributed by atoms with Gasteiger partial charge in [0.15, 0.2) is 12.2 Å². The number of amidine groups is 1. The summed E-state index contributed by atoms with van der Waals surface area (Å²) >= 11 is 0. The third-order valence-electron chi connectivity index (χ3n) is 5.81. The van der Waals surface area contributed by atoms with Gasteiger partial charge >= 0.3 is 6.03 Å². The molecule has 9 heteroatoms. The number of H-pyrrole nitrogens is 1. The summed E-state index contributed by atoms with van der Waals surface area (Å²) < 4.78 is 0. The number of amides is 3. The standard InChI is InChI=1S/C23H24N6O3/c1-2-10-28-21-20(22(31)27-23(28)32)29(13-14-6-4-3-5-7-14)19(26-21)12-18-24-16-9-8-15(30)11-17(16)25-18/h3-9,11,20-21,30H,2,10,12-13H2,1H3,(H,24,25)(H,27,31,32). The lowest BCUT2D eigenvalue weighted by atomic mass is 10.1. The van der Waals surface area contributed by atoms with Gasteiger partial charge in [0.05, 0.1) is 17.5 Å². The Morgan fingerprint density at radius 3 is 2.69 bits per heavy atom. The highest BCUT2D eigenvalue weighted by molar-refractivity contribution is 6.04. The Labute approximate surface area is 184 Å². The molecule has 1 saturated heterocycles. The lowest BCUT2D eigenvalue weighted by Crippen LogP contribution is -2.64. The molecule has 3 amide bonds. The molecule has 2 aromatic carbocycles. The number of carbonyl (C=O) groups excluding carboxylic acids is 2. The van der Waals surface area contributed by atoms with Crippen molar-refractivity contribution in [2.24, 2.45) is 4.99 Å². The van der Waals surface area contributed by atoms with Crippen molar-refractivity contribution in [3.63, 3.8) is 0 Å². The van der Waals surface area contributed by atoms with Crippen LogP contribution in [0.25, 0.3) is 11.0 Å². The minimum atomic E-state index is -0.595. The Morgan fingerprint density at radius 2 is 1.91 bits per heavy atom. The highest BCUT2D eigenvalue weighted by Crippen LogP contribution is 2.28. The van der Waals surface area contributed by atoms with Crippen molar-refractivity contribution >= 4 is 28.8 Å². The van der Waals surface area contributed by atoms with E-state index in [4.69, 9.17) is 4.99 Å². The zero-order valence-corrected chi connectivity index (χ0v) is 17.7. The molecular formula is C23H24N6O3. The van der Waals surface area contributed by atoms with E-state index in [2.05, 4.69) is 15.3 Å². The number of phenolic OH excluding ortho intramolecular Hbond substituents is 1. The number of fused-ring (bicyclic) bond motifs is 2. The zero-order valence-electron chi connectivity index (χ0n) is 17.7. The topological polar surface area (TPSA) is 114 Å². The van der Waals surface area contributed by atoms with E-state index in [0.29, 0.717) is 31.2 Å². The van der Waals surface area contributed by atoms with Crippen molar-refractivity contribution in [2.45, 2.75) is 38.5 Å². The Hall–Kier alpha value is -3.88. The van der Waals surface area contributed by atoms with Gasteiger partial charge in [-0.25, -0.2) is 14.8 Å². The van der Waals surface area contributed by atoms with E-state index in [0.717, 1.165) is 23.0 Å². The summed E-state index contributed by atoms with van der Waals surface area (Å²) in [6, 6.07) is 13.8. The fourth-order valence-electron chi connectivity index (χ4n) is 4.38. The van der Waals surface area contributed by atoms with Gasteiger partial charge in [-0.05, 0) is 24.1 Å². The number of nitrogens with one attached hydrogen (secondary N) is 2. The summed E-state index contributed by atoms with van der Waals surface area (Å²) in [5.74, 6) is 1.19. The molecule has 3 N–H and O–H groups in total. The molecule has 0 saturated carbocycles. The van der Waals surface area contributed by atoms with Crippen molar-refractivity contribution < 1.29 is 14.7 Å². The average molecular weight is 432 g/mol. The third-order valence-corrected chi connectivity index (χ3v) is 5.81. The number of imide groups is 1. The van der Waals surface area contributed by atoms with Gasteiger partial charge in [0.25, 0.3) is 5.91 Å². The van der Waals surface area contributed by atoms with Gasteiger partial charge in [-0.3, -0.25) is 15.0 Å². The molecule has 3 heterocycles. The number of phenols is 1. The average Bonchev–Trinajstić information content (AvgIpc) is 3.33. The molecule has 2 aliphatic heterocycles. The van der Waals surface area contributed by atoms with E-state index in [9.17, 15) is 14.7 Å². The molecule has 3 aromatic rings. The van der Waals surface area contributed by atoms with E-state index < -0.39 is 18.2 Å². The number of hydrogen-bond acceptors (Lipinski definition) is 6. The third kappa shape index (κ3) is 3.55. The van der Waals surface area contributed by atoms with Crippen LogP contribution in [-0.2, 0) is 17.8 Å². The molecule has 5 rings (SSSR count). The lowest BCUT2D eigenvalue weighted by Gasteiger charge is -2.38. The Morgan fingerprint density at radius 1 is 1.09 bits per heavy atom. The maximum atomic E-state index is 12.9. The normalized spacial score (nSPS) is 20.5. The minimum Gasteiger partial charge on any atom is -0.508 e. The number of rotatable bonds is 6. The number of aromatic hydroxyl groups is 1. The molecule has 2 unspecified atom stereocenters. The predicted molar refractivity (Wildman–Crippen MR) is 119 cm³/mol. The largest absolute Gasteiger partial charge is 0.508 e. The van der Waals surface area contributed by atoms with Gasteiger partial charge in [-0.1, -0.05) is 37.3 Å². The van der Waals surface area contributed by atoms with Crippen LogP contribution in [0.2, 0.25) is 0 Å². The highest BCUT2D eigenvalue weighted by atomic mass is 16.3. The lowest BCUT2D eigenvalue weighted by molar-refractivity contribution is -0.127. The van der Waals surface area contributed by atoms with Crippen LogP contribution in [0.1, 0.15) is 24.7 Å². The van der Waals surface area contributed by atoms with E-state index in [1.54, 1.807) is 23.1 Å². The Kier molecular flexibility index (Phi) is 5.01. The van der Waals surface area contributed by atoms with Crippen LogP contribution in [0.4, 0.5) is 4.79 Å². The minimum absolute atomic E-state index is 0.160. The van der Waals surface area contributed by atoms with Crippen LogP contribution < -0.4 is 5.32 Å². The SMILES string of the molecule is CCCN1C(=O)NC(=O)C2C1N=C(Cc1nc3ccc(O)cc3[nH]1)N2Cc1ccccc1. The fraction of sp³-hybridized carbons (Fsp3) is 0.304. The fourth-order valence-corrected chi connectivity index (χ4v) is 4.38. The molecule has 9 nitrogen and oxygen atoms in total. The number of benzene rings is 2. The van der Waals surface area contributed by atoms with E-state index in [-0.39, 0.29) is 11.7 Å². The van der Waals surface area contributed by atoms with Gasteiger partial charge < -0.3 is 15.0 Å². The molecule has 0 aliphatic carbocycles. The maximum absolute atomic E-state index is 12.9. The van der Waals surface area contributed by atoms with Gasteiger partial charge in [0.2, 0.25) is 0 Å². The summed E-state index contributed by atoms with van der Waals surface area (Å²) in [5, 5.41) is 12.2. The van der Waals surface area contributed by atoms with Crippen LogP contribution in [-0.4, -0.2) is 61.4 Å². The van der Waals surface area contributed by atoms with Crippen molar-refractivity contribution in [2.75, 3.05) is 6.54 Å². The molecule has 0 bridgehead atoms. The van der Waals surface area contributed by atoms with Crippen LogP contribution in [0.15, 0.2) is 53.5 Å². The van der Waals surface area contributed by atoms with E-state index in [1.165, 1.54) is 0 Å². The smallest absolute Gasteiger partial charge is 0.325 e. The maximum Gasteiger partial charge on any atom is 0.325 e. The quantitative estimate of drug-likeness (QED) is 0.553. The van der Waals surface area contributed by atoms with Crippen molar-refractivity contribution in [1.82, 2.24) is 25.1 Å². The van der Waals surface area contributed by atoms with E-state index in [1.807, 2.05) is 42.2 Å². The first-order valence-electron chi connectivity index (χ1n) is 10.7. The Balaban J connectivity index is 1.51. The van der Waals surface area contributed by atoms with Crippen molar-refractivity contribution in [3.05, 3.63) is 59.9 Å². The molecular weight excluding hydrogens is 408 g/mol. The van der Waals surface area contributed by atoms with Crippen LogP contribution in [0.3, 0.4) is 0 Å². The number of imidazole rings is 1. The number of aromatic amines is 1. The summed E-state index contributed by atoms with van der Waals surface area (Å²) in [4.78, 5) is 41.7. The molecule has 2 atom stereocenters. The molecule has 0 radical (unpaired) electrons. The van der Waals surface area contributed by atoms with Gasteiger partial charge in [-0.15, -0.1) is 0 Å². The molecule has 2 aliphatic rings. The number of urea groups is 1. The van der Waals surface area contributed by atoms with Crippen LogP contribution in [0.5, 0.6) is 5.75 Å². The second-order valence-electron chi connectivity index (χ2n) is 8.07. The number of hydrogen-bond donors (Lipinski definition) is 3. The summed E-state index contributed by atoms with van der Waals surface area (Å²) in [6.07, 6.45) is 0.571. The number of aromatic nitrogens is 2. The molecule has 32 heavy (non-hydrogen) atoms. The van der Waals surface area contributed by atoms with Gasteiger partial charge in [-0.2, -0.15) is 0 Å². The summed E-state index contributed by atoms with van der Waals surface area (Å²) in [6.45, 7) is 2.99.